The minimum absolute atomic E-state index is 0.290. The number of nitrogens with two attached hydrogens (primary N) is 1. The molecule has 1 heterocycles. The predicted molar refractivity (Wildman–Crippen MR) is 93.9 cm³/mol. The van der Waals surface area contributed by atoms with E-state index in [0.717, 1.165) is 23.2 Å². The summed E-state index contributed by atoms with van der Waals surface area (Å²) in [4.78, 5) is 9.13. The van der Waals surface area contributed by atoms with Gasteiger partial charge in [0.25, 0.3) is 0 Å². The maximum absolute atomic E-state index is 6.12. The average Bonchev–Trinajstić information content (AvgIpc) is 2.36. The molecule has 22 heavy (non-hydrogen) atoms. The molecule has 0 amide bonds. The molecule has 0 aliphatic rings. The lowest BCUT2D eigenvalue weighted by atomic mass is 9.88. The van der Waals surface area contributed by atoms with Gasteiger partial charge in [-0.05, 0) is 30.2 Å². The van der Waals surface area contributed by atoms with Crippen molar-refractivity contribution in [1.29, 1.82) is 0 Å². The highest BCUT2D eigenvalue weighted by molar-refractivity contribution is 5.59. The van der Waals surface area contributed by atoms with Crippen LogP contribution in [0, 0.1) is 12.3 Å². The molecule has 3 heteroatoms. The molecule has 0 fully saturated rings. The molecule has 2 N–H and O–H groups in total. The van der Waals surface area contributed by atoms with Crippen LogP contribution in [0.15, 0.2) is 24.3 Å². The zero-order valence-electron chi connectivity index (χ0n) is 14.6. The van der Waals surface area contributed by atoms with E-state index in [2.05, 4.69) is 68.9 Å². The molecule has 0 saturated heterocycles. The van der Waals surface area contributed by atoms with Gasteiger partial charge in [0.05, 0.1) is 0 Å². The molecular weight excluding hydrogens is 270 g/mol. The Morgan fingerprint density at radius 2 is 1.64 bits per heavy atom. The van der Waals surface area contributed by atoms with Crippen molar-refractivity contribution >= 4 is 5.82 Å². The second-order valence-electron chi connectivity index (χ2n) is 7.52. The summed E-state index contributed by atoms with van der Waals surface area (Å²) >= 11 is 0. The SMILES string of the molecule is Cc1nc(-c2ccc(CC(C)(C)C)cc2)nc(N)c1C(C)C. The van der Waals surface area contributed by atoms with Gasteiger partial charge in [0.1, 0.15) is 5.82 Å². The van der Waals surface area contributed by atoms with Crippen LogP contribution in [-0.2, 0) is 6.42 Å². The first-order valence-electron chi connectivity index (χ1n) is 7.90. The van der Waals surface area contributed by atoms with Crippen molar-refractivity contribution in [1.82, 2.24) is 9.97 Å². The van der Waals surface area contributed by atoms with Crippen LogP contribution in [-0.4, -0.2) is 9.97 Å². The van der Waals surface area contributed by atoms with Gasteiger partial charge >= 0.3 is 0 Å². The average molecular weight is 297 g/mol. The number of nitrogen functional groups attached to an aromatic ring is 1. The van der Waals surface area contributed by atoms with Crippen molar-refractivity contribution in [2.24, 2.45) is 5.41 Å². The molecule has 2 rings (SSSR count). The van der Waals surface area contributed by atoms with Gasteiger partial charge in [0, 0.05) is 16.8 Å². The number of nitrogens with zero attached hydrogens (tertiary/aromatic N) is 2. The first-order valence-corrected chi connectivity index (χ1v) is 7.90. The van der Waals surface area contributed by atoms with Gasteiger partial charge in [0.15, 0.2) is 5.82 Å². The number of benzene rings is 1. The summed E-state index contributed by atoms with van der Waals surface area (Å²) < 4.78 is 0. The minimum Gasteiger partial charge on any atom is -0.383 e. The third kappa shape index (κ3) is 3.85. The van der Waals surface area contributed by atoms with Crippen LogP contribution in [0.1, 0.15) is 57.4 Å². The lowest BCUT2D eigenvalue weighted by Gasteiger charge is -2.18. The third-order valence-electron chi connectivity index (χ3n) is 3.69. The first-order chi connectivity index (χ1) is 10.2. The van der Waals surface area contributed by atoms with Crippen molar-refractivity contribution in [2.75, 3.05) is 5.73 Å². The van der Waals surface area contributed by atoms with Gasteiger partial charge < -0.3 is 5.73 Å². The van der Waals surface area contributed by atoms with Gasteiger partial charge in [-0.15, -0.1) is 0 Å². The summed E-state index contributed by atoms with van der Waals surface area (Å²) in [5, 5.41) is 0. The maximum Gasteiger partial charge on any atom is 0.161 e. The lowest BCUT2D eigenvalue weighted by Crippen LogP contribution is -2.09. The van der Waals surface area contributed by atoms with E-state index in [4.69, 9.17) is 5.73 Å². The molecule has 0 radical (unpaired) electrons. The lowest BCUT2D eigenvalue weighted by molar-refractivity contribution is 0.411. The highest BCUT2D eigenvalue weighted by Gasteiger charge is 2.14. The Bertz CT molecular complexity index is 626. The van der Waals surface area contributed by atoms with Gasteiger partial charge in [-0.2, -0.15) is 0 Å². The Morgan fingerprint density at radius 1 is 1.05 bits per heavy atom. The zero-order valence-corrected chi connectivity index (χ0v) is 14.6. The number of rotatable bonds is 3. The highest BCUT2D eigenvalue weighted by Crippen LogP contribution is 2.27. The second kappa shape index (κ2) is 6.07. The molecule has 0 aliphatic carbocycles. The molecule has 3 nitrogen and oxygen atoms in total. The van der Waals surface area contributed by atoms with Crippen molar-refractivity contribution < 1.29 is 0 Å². The Labute approximate surface area is 134 Å². The van der Waals surface area contributed by atoms with E-state index in [-0.39, 0.29) is 5.41 Å². The van der Waals surface area contributed by atoms with Crippen LogP contribution >= 0.6 is 0 Å². The first kappa shape index (κ1) is 16.5. The molecule has 1 aromatic carbocycles. The Balaban J connectivity index is 2.33. The van der Waals surface area contributed by atoms with Gasteiger partial charge in [-0.3, -0.25) is 0 Å². The van der Waals surface area contributed by atoms with Crippen LogP contribution in [0.2, 0.25) is 0 Å². The van der Waals surface area contributed by atoms with Crippen LogP contribution in [0.25, 0.3) is 11.4 Å². The van der Waals surface area contributed by atoms with E-state index in [9.17, 15) is 0 Å². The number of aryl methyl sites for hydroxylation is 1. The van der Waals surface area contributed by atoms with E-state index in [1.807, 2.05) is 6.92 Å². The van der Waals surface area contributed by atoms with E-state index in [1.165, 1.54) is 5.56 Å². The Morgan fingerprint density at radius 3 is 2.09 bits per heavy atom. The number of aromatic nitrogens is 2. The summed E-state index contributed by atoms with van der Waals surface area (Å²) in [5.74, 6) is 1.64. The second-order valence-corrected chi connectivity index (χ2v) is 7.52. The molecular formula is C19H27N3. The molecule has 118 valence electrons. The van der Waals surface area contributed by atoms with Gasteiger partial charge in [0.2, 0.25) is 0 Å². The van der Waals surface area contributed by atoms with E-state index < -0.39 is 0 Å². The van der Waals surface area contributed by atoms with Crippen LogP contribution in [0.3, 0.4) is 0 Å². The number of hydrogen-bond acceptors (Lipinski definition) is 3. The van der Waals surface area contributed by atoms with E-state index >= 15 is 0 Å². The molecule has 1 aromatic heterocycles. The predicted octanol–water partition coefficient (Wildman–Crippen LogP) is 4.75. The normalized spacial score (nSPS) is 12.0. The van der Waals surface area contributed by atoms with Crippen LogP contribution in [0.4, 0.5) is 5.82 Å². The standard InChI is InChI=1S/C19H27N3/c1-12(2)16-13(3)21-18(22-17(16)20)15-9-7-14(8-10-15)11-19(4,5)6/h7-10,12H,11H2,1-6H3,(H2,20,21,22). The fourth-order valence-corrected chi connectivity index (χ4v) is 2.83. The van der Waals surface area contributed by atoms with Crippen molar-refractivity contribution in [3.05, 3.63) is 41.1 Å². The Kier molecular flexibility index (Phi) is 4.55. The Hall–Kier alpha value is -1.90. The molecule has 0 aliphatic heterocycles. The monoisotopic (exact) mass is 297 g/mol. The third-order valence-corrected chi connectivity index (χ3v) is 3.69. The summed E-state index contributed by atoms with van der Waals surface area (Å²) in [7, 11) is 0. The molecule has 2 aromatic rings. The van der Waals surface area contributed by atoms with Crippen LogP contribution < -0.4 is 5.73 Å². The smallest absolute Gasteiger partial charge is 0.161 e. The number of hydrogen-bond donors (Lipinski definition) is 1. The summed E-state index contributed by atoms with van der Waals surface area (Å²) in [6.07, 6.45) is 1.06. The van der Waals surface area contributed by atoms with Gasteiger partial charge in [-0.25, -0.2) is 9.97 Å². The maximum atomic E-state index is 6.12. The molecule has 0 atom stereocenters. The fraction of sp³-hybridized carbons (Fsp3) is 0.474. The molecule has 0 unspecified atom stereocenters. The number of anilines is 1. The highest BCUT2D eigenvalue weighted by atomic mass is 15.0. The summed E-state index contributed by atoms with van der Waals surface area (Å²) in [6.45, 7) is 13.0. The van der Waals surface area contributed by atoms with E-state index in [0.29, 0.717) is 17.6 Å². The largest absolute Gasteiger partial charge is 0.383 e. The fourth-order valence-electron chi connectivity index (χ4n) is 2.83. The van der Waals surface area contributed by atoms with Crippen molar-refractivity contribution in [2.45, 2.75) is 53.9 Å². The molecule has 0 spiro atoms. The van der Waals surface area contributed by atoms with E-state index in [1.54, 1.807) is 0 Å². The molecule has 0 bridgehead atoms. The van der Waals surface area contributed by atoms with Crippen molar-refractivity contribution in [3.63, 3.8) is 0 Å². The summed E-state index contributed by atoms with van der Waals surface area (Å²) in [6, 6.07) is 8.49. The van der Waals surface area contributed by atoms with Crippen LogP contribution in [0.5, 0.6) is 0 Å². The minimum atomic E-state index is 0.290. The zero-order chi connectivity index (χ0) is 16.5. The van der Waals surface area contributed by atoms with Crippen molar-refractivity contribution in [3.8, 4) is 11.4 Å². The topological polar surface area (TPSA) is 51.8 Å². The quantitative estimate of drug-likeness (QED) is 0.889. The molecule has 0 saturated carbocycles. The summed E-state index contributed by atoms with van der Waals surface area (Å²) in [5.41, 5.74) is 10.8. The van der Waals surface area contributed by atoms with Gasteiger partial charge in [-0.1, -0.05) is 58.9 Å².